The summed E-state index contributed by atoms with van der Waals surface area (Å²) >= 11 is 0. The van der Waals surface area contributed by atoms with Crippen molar-refractivity contribution in [3.05, 3.63) is 70.8 Å². The highest BCUT2D eigenvalue weighted by molar-refractivity contribution is 6.38. The molecule has 3 aliphatic rings. The molecule has 0 N–H and O–H groups in total. The first-order valence-corrected chi connectivity index (χ1v) is 10.2. The van der Waals surface area contributed by atoms with Crippen molar-refractivity contribution < 1.29 is 4.74 Å². The van der Waals surface area contributed by atoms with Crippen LogP contribution in [0, 0.1) is 0 Å². The molecule has 7 heterocycles. The van der Waals surface area contributed by atoms with Gasteiger partial charge in [0.15, 0.2) is 0 Å². The lowest BCUT2D eigenvalue weighted by Gasteiger charge is -2.47. The van der Waals surface area contributed by atoms with E-state index in [1.165, 1.54) is 12.0 Å². The predicted molar refractivity (Wildman–Crippen MR) is 114 cm³/mol. The van der Waals surface area contributed by atoms with Gasteiger partial charge in [-0.05, 0) is 23.1 Å². The molecular weight excluding hydrogens is 377 g/mol. The van der Waals surface area contributed by atoms with Gasteiger partial charge in [0.05, 0.1) is 29.8 Å². The highest BCUT2D eigenvalue weighted by Gasteiger charge is 2.37. The minimum absolute atomic E-state index is 0.115. The molecule has 7 rings (SSSR count). The van der Waals surface area contributed by atoms with Crippen molar-refractivity contribution in [2.24, 2.45) is 0 Å². The van der Waals surface area contributed by atoms with Gasteiger partial charge in [0.25, 0.3) is 5.56 Å². The number of piperidine rings is 1. The molecule has 0 spiro atoms. The third-order valence-corrected chi connectivity index (χ3v) is 6.07. The summed E-state index contributed by atoms with van der Waals surface area (Å²) in [6, 6.07) is 6.02. The molecule has 0 saturated carbocycles. The number of nitrogens with zero attached hydrogens (tertiary/aromatic N) is 5. The summed E-state index contributed by atoms with van der Waals surface area (Å²) in [6.07, 6.45) is 11.0. The van der Waals surface area contributed by atoms with E-state index in [0.29, 0.717) is 29.6 Å². The van der Waals surface area contributed by atoms with E-state index in [2.05, 4.69) is 27.1 Å². The Morgan fingerprint density at radius 3 is 2.73 bits per heavy atom. The Morgan fingerprint density at radius 1 is 1.07 bits per heavy atom. The fourth-order valence-corrected chi connectivity index (χ4v) is 4.62. The summed E-state index contributed by atoms with van der Waals surface area (Å²) in [4.78, 5) is 24.0. The van der Waals surface area contributed by atoms with Crippen LogP contribution in [-0.2, 0) is 17.8 Å². The number of aromatic nitrogens is 4. The predicted octanol–water partition coefficient (Wildman–Crippen LogP) is 0.859. The van der Waals surface area contributed by atoms with Gasteiger partial charge in [-0.25, -0.2) is 4.98 Å². The number of morpholine rings is 1. The van der Waals surface area contributed by atoms with E-state index in [0.717, 1.165) is 36.4 Å². The van der Waals surface area contributed by atoms with Crippen molar-refractivity contribution >= 4 is 29.7 Å². The number of ether oxygens (including phenoxy) is 1. The van der Waals surface area contributed by atoms with E-state index in [-0.39, 0.29) is 5.56 Å². The minimum atomic E-state index is -0.115. The summed E-state index contributed by atoms with van der Waals surface area (Å²) in [6.45, 7) is 3.33. The molecule has 2 bridgehead atoms. The average molecular weight is 397 g/mol. The molecule has 4 aromatic heterocycles. The zero-order valence-electron chi connectivity index (χ0n) is 16.4. The van der Waals surface area contributed by atoms with Gasteiger partial charge in [0, 0.05) is 57.0 Å². The number of fused-ring (bicyclic) bond motifs is 4. The Labute approximate surface area is 174 Å². The molecule has 3 saturated heterocycles. The first-order chi connectivity index (χ1) is 14.6. The molecule has 0 amide bonds. The highest BCUT2D eigenvalue weighted by Crippen LogP contribution is 2.28. The van der Waals surface area contributed by atoms with E-state index >= 15 is 0 Å². The van der Waals surface area contributed by atoms with Crippen molar-refractivity contribution in [1.82, 2.24) is 23.8 Å². The smallest absolute Gasteiger partial charge is 0.260 e. The van der Waals surface area contributed by atoms with Gasteiger partial charge in [0.1, 0.15) is 13.5 Å². The van der Waals surface area contributed by atoms with E-state index in [9.17, 15) is 4.79 Å². The van der Waals surface area contributed by atoms with Gasteiger partial charge >= 0.3 is 0 Å². The van der Waals surface area contributed by atoms with Crippen LogP contribution in [0.3, 0.4) is 0 Å². The second-order valence-electron chi connectivity index (χ2n) is 8.28. The molecule has 7 nitrogen and oxygen atoms in total. The normalized spacial score (nSPS) is 21.2. The molecule has 148 valence electrons. The van der Waals surface area contributed by atoms with Crippen LogP contribution in [-0.4, -0.2) is 57.0 Å². The SMILES string of the molecule is [B]c1cncc2c(=O)n(Cc3cn4cc(CN5CC6CC(C5)O6)ccc4n3)ccc12. The summed E-state index contributed by atoms with van der Waals surface area (Å²) in [7, 11) is 5.93. The molecule has 8 heteroatoms. The number of rotatable bonds is 4. The third kappa shape index (κ3) is 3.03. The van der Waals surface area contributed by atoms with Crippen molar-refractivity contribution in [1.29, 1.82) is 0 Å². The fraction of sp³-hybridized carbons (Fsp3) is 0.318. The summed E-state index contributed by atoms with van der Waals surface area (Å²) < 4.78 is 9.40. The molecule has 2 atom stereocenters. The summed E-state index contributed by atoms with van der Waals surface area (Å²) in [5.74, 6) is 0. The number of imidazole rings is 1. The van der Waals surface area contributed by atoms with E-state index in [4.69, 9.17) is 12.6 Å². The Bertz CT molecular complexity index is 1310. The molecule has 4 aromatic rings. The van der Waals surface area contributed by atoms with Gasteiger partial charge in [0.2, 0.25) is 0 Å². The minimum Gasteiger partial charge on any atom is -0.372 e. The number of hydrogen-bond acceptors (Lipinski definition) is 5. The van der Waals surface area contributed by atoms with Crippen molar-refractivity contribution in [3.8, 4) is 0 Å². The Morgan fingerprint density at radius 2 is 1.90 bits per heavy atom. The summed E-state index contributed by atoms with van der Waals surface area (Å²) in [5.41, 5.74) is 3.35. The van der Waals surface area contributed by atoms with Crippen LogP contribution in [0.1, 0.15) is 17.7 Å². The van der Waals surface area contributed by atoms with Crippen LogP contribution in [0.2, 0.25) is 0 Å². The van der Waals surface area contributed by atoms with Crippen molar-refractivity contribution in [2.75, 3.05) is 13.1 Å². The van der Waals surface area contributed by atoms with E-state index in [1.54, 1.807) is 23.2 Å². The topological polar surface area (TPSA) is 64.7 Å². The molecule has 3 aliphatic heterocycles. The fourth-order valence-electron chi connectivity index (χ4n) is 4.62. The molecule has 0 aromatic carbocycles. The van der Waals surface area contributed by atoms with Gasteiger partial charge in [-0.15, -0.1) is 0 Å². The highest BCUT2D eigenvalue weighted by atomic mass is 16.5. The lowest BCUT2D eigenvalue weighted by atomic mass is 9.93. The van der Waals surface area contributed by atoms with Gasteiger partial charge in [-0.1, -0.05) is 11.5 Å². The molecule has 30 heavy (non-hydrogen) atoms. The second-order valence-corrected chi connectivity index (χ2v) is 8.28. The first-order valence-electron chi connectivity index (χ1n) is 10.2. The Hall–Kier alpha value is -2.97. The molecule has 0 aliphatic carbocycles. The average Bonchev–Trinajstić information content (AvgIpc) is 3.12. The van der Waals surface area contributed by atoms with Crippen LogP contribution in [0.15, 0.2) is 54.0 Å². The van der Waals surface area contributed by atoms with Crippen LogP contribution >= 0.6 is 0 Å². The van der Waals surface area contributed by atoms with Gasteiger partial charge in [-0.3, -0.25) is 14.7 Å². The zero-order valence-corrected chi connectivity index (χ0v) is 16.4. The van der Waals surface area contributed by atoms with Crippen LogP contribution < -0.4 is 11.0 Å². The maximum absolute atomic E-state index is 12.8. The quantitative estimate of drug-likeness (QED) is 0.478. The standard InChI is InChI=1S/C22H20BN5O2/c23-20-7-24-6-19-18(20)3-4-27(22(19)29)10-15-11-28-9-14(1-2-21(28)25-15)8-26-12-16-5-17(13-26)30-16/h1-4,6-7,9,11,16-17H,5,8,10,12-13H2. The number of hydrogen-bond donors (Lipinski definition) is 0. The Kier molecular flexibility index (Phi) is 4.04. The summed E-state index contributed by atoms with van der Waals surface area (Å²) in [5, 5.41) is 1.25. The van der Waals surface area contributed by atoms with Crippen LogP contribution in [0.5, 0.6) is 0 Å². The molecule has 3 fully saturated rings. The van der Waals surface area contributed by atoms with E-state index in [1.807, 2.05) is 22.7 Å². The third-order valence-electron chi connectivity index (χ3n) is 6.07. The maximum atomic E-state index is 12.8. The zero-order chi connectivity index (χ0) is 20.2. The second kappa shape index (κ2) is 6.79. The van der Waals surface area contributed by atoms with Crippen molar-refractivity contribution in [3.63, 3.8) is 0 Å². The lowest BCUT2D eigenvalue weighted by molar-refractivity contribution is -0.182. The monoisotopic (exact) mass is 397 g/mol. The van der Waals surface area contributed by atoms with Crippen molar-refractivity contribution in [2.45, 2.75) is 31.7 Å². The van der Waals surface area contributed by atoms with E-state index < -0.39 is 0 Å². The largest absolute Gasteiger partial charge is 0.372 e. The maximum Gasteiger partial charge on any atom is 0.260 e. The van der Waals surface area contributed by atoms with Gasteiger partial charge in [-0.2, -0.15) is 0 Å². The van der Waals surface area contributed by atoms with Crippen LogP contribution in [0.4, 0.5) is 0 Å². The molecular formula is C22H20BN5O2. The molecule has 2 radical (unpaired) electrons. The van der Waals surface area contributed by atoms with Crippen LogP contribution in [0.25, 0.3) is 16.4 Å². The molecule has 2 unspecified atom stereocenters. The lowest BCUT2D eigenvalue weighted by Crippen LogP contribution is -2.56. The Balaban J connectivity index is 1.26. The number of pyridine rings is 3. The first kappa shape index (κ1) is 17.9. The van der Waals surface area contributed by atoms with Gasteiger partial charge < -0.3 is 13.7 Å².